The highest BCUT2D eigenvalue weighted by atomic mass is 32.1. The normalized spacial score (nSPS) is 13.8. The average Bonchev–Trinajstić information content (AvgIpc) is 3.49. The van der Waals surface area contributed by atoms with E-state index in [4.69, 9.17) is 0 Å². The van der Waals surface area contributed by atoms with Gasteiger partial charge in [-0.2, -0.15) is 0 Å². The van der Waals surface area contributed by atoms with E-state index >= 15 is 0 Å². The van der Waals surface area contributed by atoms with Crippen LogP contribution in [0.5, 0.6) is 0 Å². The van der Waals surface area contributed by atoms with Gasteiger partial charge in [0.25, 0.3) is 0 Å². The zero-order valence-corrected chi connectivity index (χ0v) is 15.7. The molecule has 1 saturated carbocycles. The summed E-state index contributed by atoms with van der Waals surface area (Å²) in [4.78, 5) is 12.6. The lowest BCUT2D eigenvalue weighted by Crippen LogP contribution is -2.13. The van der Waals surface area contributed by atoms with Crippen molar-refractivity contribution in [3.8, 4) is 0 Å². The Balaban J connectivity index is 1.41. The van der Waals surface area contributed by atoms with Gasteiger partial charge in [-0.15, -0.1) is 0 Å². The SMILES string of the molecule is O=c1sc2cc(Nc3ccc(C4CC4)cc3)ccc2n1Cc1ccccc1. The van der Waals surface area contributed by atoms with Gasteiger partial charge in [0.2, 0.25) is 0 Å². The van der Waals surface area contributed by atoms with Gasteiger partial charge in [-0.3, -0.25) is 9.36 Å². The quantitative estimate of drug-likeness (QED) is 0.485. The predicted molar refractivity (Wildman–Crippen MR) is 113 cm³/mol. The van der Waals surface area contributed by atoms with Crippen molar-refractivity contribution in [2.45, 2.75) is 25.3 Å². The van der Waals surface area contributed by atoms with Crippen LogP contribution in [0.1, 0.15) is 29.9 Å². The molecule has 3 aromatic carbocycles. The Kier molecular flexibility index (Phi) is 4.06. The summed E-state index contributed by atoms with van der Waals surface area (Å²) in [5.41, 5.74) is 5.65. The standard InChI is InChI=1S/C23H20N2OS/c26-23-25(15-16-4-2-1-3-5-16)21-13-12-20(14-22(21)27-23)24-19-10-8-18(9-11-19)17-6-7-17/h1-5,8-14,17,24H,6-7,15H2. The molecule has 134 valence electrons. The molecule has 1 fully saturated rings. The van der Waals surface area contributed by atoms with E-state index in [2.05, 4.69) is 47.8 Å². The van der Waals surface area contributed by atoms with Crippen molar-refractivity contribution < 1.29 is 0 Å². The number of rotatable bonds is 5. The first-order valence-electron chi connectivity index (χ1n) is 9.30. The molecule has 0 unspecified atom stereocenters. The molecule has 1 aliphatic rings. The number of aromatic nitrogens is 1. The third kappa shape index (κ3) is 3.40. The summed E-state index contributed by atoms with van der Waals surface area (Å²) in [5.74, 6) is 0.775. The van der Waals surface area contributed by atoms with Gasteiger partial charge in [-0.05, 0) is 60.2 Å². The van der Waals surface area contributed by atoms with Crippen LogP contribution in [0.3, 0.4) is 0 Å². The largest absolute Gasteiger partial charge is 0.355 e. The Bertz CT molecular complexity index is 1140. The highest BCUT2D eigenvalue weighted by Crippen LogP contribution is 2.40. The molecule has 5 rings (SSSR count). The van der Waals surface area contributed by atoms with Crippen molar-refractivity contribution >= 4 is 32.9 Å². The van der Waals surface area contributed by atoms with Crippen LogP contribution in [-0.2, 0) is 6.54 Å². The van der Waals surface area contributed by atoms with E-state index in [0.717, 1.165) is 33.1 Å². The Morgan fingerprint density at radius 3 is 2.41 bits per heavy atom. The molecule has 0 aliphatic heterocycles. The second-order valence-electron chi connectivity index (χ2n) is 7.14. The second kappa shape index (κ2) is 6.71. The molecule has 4 heteroatoms. The summed E-state index contributed by atoms with van der Waals surface area (Å²) >= 11 is 1.30. The molecule has 0 bridgehead atoms. The highest BCUT2D eigenvalue weighted by Gasteiger charge is 2.22. The van der Waals surface area contributed by atoms with Crippen LogP contribution >= 0.6 is 11.3 Å². The van der Waals surface area contributed by atoms with E-state index in [1.165, 1.54) is 29.7 Å². The number of anilines is 2. The molecule has 0 saturated heterocycles. The van der Waals surface area contributed by atoms with Gasteiger partial charge in [0.05, 0.1) is 16.8 Å². The number of fused-ring (bicyclic) bond motifs is 1. The first-order valence-corrected chi connectivity index (χ1v) is 10.1. The summed E-state index contributed by atoms with van der Waals surface area (Å²) in [6.45, 7) is 0.606. The van der Waals surface area contributed by atoms with Gasteiger partial charge in [0.1, 0.15) is 0 Å². The summed E-state index contributed by atoms with van der Waals surface area (Å²) in [6, 6.07) is 25.0. The molecule has 0 spiro atoms. The first-order chi connectivity index (χ1) is 13.3. The van der Waals surface area contributed by atoms with E-state index in [-0.39, 0.29) is 4.87 Å². The lowest BCUT2D eigenvalue weighted by atomic mass is 10.1. The van der Waals surface area contributed by atoms with Crippen LogP contribution in [0.15, 0.2) is 77.6 Å². The number of hydrogen-bond acceptors (Lipinski definition) is 3. The zero-order chi connectivity index (χ0) is 18.2. The molecule has 1 N–H and O–H groups in total. The maximum atomic E-state index is 12.5. The van der Waals surface area contributed by atoms with Crippen LogP contribution < -0.4 is 10.2 Å². The molecule has 0 radical (unpaired) electrons. The molecule has 1 aliphatic carbocycles. The van der Waals surface area contributed by atoms with Crippen molar-refractivity contribution in [2.75, 3.05) is 5.32 Å². The Morgan fingerprint density at radius 2 is 1.67 bits per heavy atom. The van der Waals surface area contributed by atoms with Crippen molar-refractivity contribution in [1.29, 1.82) is 0 Å². The van der Waals surface area contributed by atoms with Crippen LogP contribution in [0, 0.1) is 0 Å². The number of hydrogen-bond donors (Lipinski definition) is 1. The van der Waals surface area contributed by atoms with Crippen LogP contribution in [0.25, 0.3) is 10.2 Å². The number of thiazole rings is 1. The number of nitrogens with one attached hydrogen (secondary N) is 1. The highest BCUT2D eigenvalue weighted by molar-refractivity contribution is 7.16. The van der Waals surface area contributed by atoms with Crippen LogP contribution in [0.4, 0.5) is 11.4 Å². The van der Waals surface area contributed by atoms with E-state index < -0.39 is 0 Å². The van der Waals surface area contributed by atoms with Gasteiger partial charge in [-0.25, -0.2) is 0 Å². The topological polar surface area (TPSA) is 34.0 Å². The van der Waals surface area contributed by atoms with E-state index in [9.17, 15) is 4.79 Å². The first kappa shape index (κ1) is 16.3. The number of nitrogens with zero attached hydrogens (tertiary/aromatic N) is 1. The zero-order valence-electron chi connectivity index (χ0n) is 14.9. The Labute approximate surface area is 161 Å². The minimum Gasteiger partial charge on any atom is -0.355 e. The monoisotopic (exact) mass is 372 g/mol. The maximum Gasteiger partial charge on any atom is 0.308 e. The fraction of sp³-hybridized carbons (Fsp3) is 0.174. The number of benzene rings is 3. The fourth-order valence-corrected chi connectivity index (χ4v) is 4.41. The Hall–Kier alpha value is -2.85. The lowest BCUT2D eigenvalue weighted by molar-refractivity contribution is 0.816. The third-order valence-corrected chi connectivity index (χ3v) is 6.04. The maximum absolute atomic E-state index is 12.5. The molecular weight excluding hydrogens is 352 g/mol. The molecule has 1 aromatic heterocycles. The minimum absolute atomic E-state index is 0.0831. The fourth-order valence-electron chi connectivity index (χ4n) is 3.48. The van der Waals surface area contributed by atoms with Gasteiger partial charge in [0, 0.05) is 11.4 Å². The van der Waals surface area contributed by atoms with Crippen LogP contribution in [-0.4, -0.2) is 4.57 Å². The molecule has 3 nitrogen and oxygen atoms in total. The third-order valence-electron chi connectivity index (χ3n) is 5.10. The summed E-state index contributed by atoms with van der Waals surface area (Å²) in [7, 11) is 0. The lowest BCUT2D eigenvalue weighted by Gasteiger charge is -2.08. The van der Waals surface area contributed by atoms with Gasteiger partial charge >= 0.3 is 4.87 Å². The van der Waals surface area contributed by atoms with Crippen molar-refractivity contribution in [2.24, 2.45) is 0 Å². The summed E-state index contributed by atoms with van der Waals surface area (Å²) < 4.78 is 2.86. The van der Waals surface area contributed by atoms with Gasteiger partial charge in [-0.1, -0.05) is 53.8 Å². The molecule has 27 heavy (non-hydrogen) atoms. The molecular formula is C23H20N2OS. The molecule has 0 amide bonds. The summed E-state index contributed by atoms with van der Waals surface area (Å²) in [6.07, 6.45) is 2.64. The van der Waals surface area contributed by atoms with E-state index in [0.29, 0.717) is 6.54 Å². The van der Waals surface area contributed by atoms with Crippen LogP contribution in [0.2, 0.25) is 0 Å². The molecule has 4 aromatic rings. The van der Waals surface area contributed by atoms with Gasteiger partial charge < -0.3 is 5.32 Å². The Morgan fingerprint density at radius 1 is 0.926 bits per heavy atom. The summed E-state index contributed by atoms with van der Waals surface area (Å²) in [5, 5.41) is 3.46. The van der Waals surface area contributed by atoms with Crippen molar-refractivity contribution in [3.05, 3.63) is 93.6 Å². The minimum atomic E-state index is 0.0831. The smallest absolute Gasteiger partial charge is 0.308 e. The predicted octanol–water partition coefficient (Wildman–Crippen LogP) is 5.73. The molecule has 0 atom stereocenters. The second-order valence-corrected chi connectivity index (χ2v) is 8.14. The van der Waals surface area contributed by atoms with Crippen molar-refractivity contribution in [3.63, 3.8) is 0 Å². The van der Waals surface area contributed by atoms with E-state index in [1.807, 2.05) is 34.9 Å². The van der Waals surface area contributed by atoms with Crippen molar-refractivity contribution in [1.82, 2.24) is 4.57 Å². The molecule has 1 heterocycles. The van der Waals surface area contributed by atoms with Gasteiger partial charge in [0.15, 0.2) is 0 Å². The average molecular weight is 372 g/mol. The van der Waals surface area contributed by atoms with E-state index in [1.54, 1.807) is 0 Å².